The molecule has 17 heavy (non-hydrogen) atoms. The highest BCUT2D eigenvalue weighted by molar-refractivity contribution is 9.10. The Bertz CT molecular complexity index is 583. The quantitative estimate of drug-likeness (QED) is 0.812. The summed E-state index contributed by atoms with van der Waals surface area (Å²) in [4.78, 5) is 16.1. The van der Waals surface area contributed by atoms with Crippen molar-refractivity contribution in [3.8, 4) is 5.82 Å². The van der Waals surface area contributed by atoms with E-state index in [1.165, 1.54) is 0 Å². The van der Waals surface area contributed by atoms with Crippen LogP contribution in [0, 0.1) is 0 Å². The molecule has 0 saturated heterocycles. The van der Waals surface area contributed by atoms with Crippen LogP contribution in [0.1, 0.15) is 12.8 Å². The smallest absolute Gasteiger partial charge is 0.267 e. The fourth-order valence-corrected chi connectivity index (χ4v) is 2.25. The molecule has 0 N–H and O–H groups in total. The van der Waals surface area contributed by atoms with Gasteiger partial charge in [-0.05, 0) is 25.0 Å². The second-order valence-electron chi connectivity index (χ2n) is 4.40. The van der Waals surface area contributed by atoms with Crippen molar-refractivity contribution >= 4 is 15.9 Å². The first-order valence-corrected chi connectivity index (χ1v) is 6.36. The third kappa shape index (κ3) is 2.07. The molecular weight excluding hydrogens is 282 g/mol. The van der Waals surface area contributed by atoms with Gasteiger partial charge in [-0.3, -0.25) is 4.79 Å². The highest BCUT2D eigenvalue weighted by Crippen LogP contribution is 2.45. The first-order valence-electron chi connectivity index (χ1n) is 5.57. The van der Waals surface area contributed by atoms with Gasteiger partial charge in [-0.15, -0.1) is 0 Å². The third-order valence-electron chi connectivity index (χ3n) is 2.98. The standard InChI is InChI=1S/C12H12BrN3O/c13-12(5-6-12)9-16-11(17)4-8-15(16)10-3-1-2-7-14-10/h1-4,7-8H,5-6,9H2. The van der Waals surface area contributed by atoms with E-state index in [0.29, 0.717) is 6.54 Å². The second-order valence-corrected chi connectivity index (χ2v) is 6.08. The van der Waals surface area contributed by atoms with Crippen molar-refractivity contribution in [1.29, 1.82) is 0 Å². The predicted octanol–water partition coefficient (Wildman–Crippen LogP) is 1.96. The van der Waals surface area contributed by atoms with Crippen LogP contribution in [0.5, 0.6) is 0 Å². The summed E-state index contributed by atoms with van der Waals surface area (Å²) in [5.74, 6) is 0.770. The number of alkyl halides is 1. The minimum absolute atomic E-state index is 0.0152. The van der Waals surface area contributed by atoms with Crippen molar-refractivity contribution in [2.24, 2.45) is 0 Å². The zero-order chi connectivity index (χ0) is 11.9. The van der Waals surface area contributed by atoms with Crippen LogP contribution in [0.25, 0.3) is 5.82 Å². The third-order valence-corrected chi connectivity index (χ3v) is 4.03. The van der Waals surface area contributed by atoms with Gasteiger partial charge in [0.2, 0.25) is 0 Å². The molecule has 1 aliphatic rings. The van der Waals surface area contributed by atoms with Gasteiger partial charge >= 0.3 is 0 Å². The SMILES string of the molecule is O=c1ccn(-c2ccccn2)n1CC1(Br)CC1. The van der Waals surface area contributed by atoms with E-state index in [0.717, 1.165) is 18.7 Å². The molecule has 2 aromatic rings. The van der Waals surface area contributed by atoms with E-state index in [9.17, 15) is 4.79 Å². The van der Waals surface area contributed by atoms with E-state index >= 15 is 0 Å². The monoisotopic (exact) mass is 293 g/mol. The largest absolute Gasteiger partial charge is 0.268 e. The molecule has 0 spiro atoms. The molecule has 0 amide bonds. The lowest BCUT2D eigenvalue weighted by Gasteiger charge is -2.13. The van der Waals surface area contributed by atoms with Gasteiger partial charge in [0.1, 0.15) is 0 Å². The average Bonchev–Trinajstić information content (AvgIpc) is 2.96. The number of rotatable bonds is 3. The molecule has 0 aromatic carbocycles. The summed E-state index contributed by atoms with van der Waals surface area (Å²) in [7, 11) is 0. The Kier molecular flexibility index (Phi) is 2.43. The number of halogens is 1. The molecule has 88 valence electrons. The van der Waals surface area contributed by atoms with Crippen molar-refractivity contribution < 1.29 is 0 Å². The van der Waals surface area contributed by atoms with E-state index in [1.54, 1.807) is 23.1 Å². The molecule has 0 radical (unpaired) electrons. The summed E-state index contributed by atoms with van der Waals surface area (Å²) >= 11 is 3.66. The van der Waals surface area contributed by atoms with Gasteiger partial charge in [0.05, 0.1) is 6.54 Å². The van der Waals surface area contributed by atoms with Crippen LogP contribution >= 0.6 is 15.9 Å². The van der Waals surface area contributed by atoms with Gasteiger partial charge in [-0.2, -0.15) is 0 Å². The summed E-state index contributed by atoms with van der Waals surface area (Å²) in [6, 6.07) is 7.25. The summed E-state index contributed by atoms with van der Waals surface area (Å²) in [5.41, 5.74) is 0.0152. The van der Waals surface area contributed by atoms with Gasteiger partial charge in [0.15, 0.2) is 5.82 Å². The highest BCUT2D eigenvalue weighted by Gasteiger charge is 2.41. The van der Waals surface area contributed by atoms with Crippen molar-refractivity contribution in [2.75, 3.05) is 0 Å². The predicted molar refractivity (Wildman–Crippen MR) is 68.7 cm³/mol. The Balaban J connectivity index is 2.03. The molecule has 1 fully saturated rings. The zero-order valence-electron chi connectivity index (χ0n) is 9.21. The maximum absolute atomic E-state index is 11.8. The van der Waals surface area contributed by atoms with Crippen molar-refractivity contribution in [1.82, 2.24) is 14.3 Å². The fraction of sp³-hybridized carbons (Fsp3) is 0.333. The Morgan fingerprint density at radius 2 is 2.18 bits per heavy atom. The van der Waals surface area contributed by atoms with E-state index in [1.807, 2.05) is 22.9 Å². The Morgan fingerprint density at radius 1 is 1.35 bits per heavy atom. The van der Waals surface area contributed by atoms with Gasteiger partial charge in [0.25, 0.3) is 5.56 Å². The zero-order valence-corrected chi connectivity index (χ0v) is 10.8. The Morgan fingerprint density at radius 3 is 2.82 bits per heavy atom. The van der Waals surface area contributed by atoms with E-state index in [-0.39, 0.29) is 9.88 Å². The molecule has 3 rings (SSSR count). The molecule has 0 unspecified atom stereocenters. The van der Waals surface area contributed by atoms with E-state index in [4.69, 9.17) is 0 Å². The first-order chi connectivity index (χ1) is 8.18. The normalized spacial score (nSPS) is 17.0. The Hall–Kier alpha value is -1.36. The molecule has 0 aliphatic heterocycles. The lowest BCUT2D eigenvalue weighted by atomic mass is 10.4. The molecule has 2 aromatic heterocycles. The minimum Gasteiger partial charge on any atom is -0.268 e. The van der Waals surface area contributed by atoms with Crippen molar-refractivity contribution in [3.05, 3.63) is 47.0 Å². The van der Waals surface area contributed by atoms with Crippen LogP contribution in [0.4, 0.5) is 0 Å². The maximum Gasteiger partial charge on any atom is 0.267 e. The summed E-state index contributed by atoms with van der Waals surface area (Å²) in [6.45, 7) is 0.690. The van der Waals surface area contributed by atoms with E-state index < -0.39 is 0 Å². The van der Waals surface area contributed by atoms with Gasteiger partial charge in [-0.1, -0.05) is 22.0 Å². The number of hydrogen-bond acceptors (Lipinski definition) is 2. The number of pyridine rings is 1. The highest BCUT2D eigenvalue weighted by atomic mass is 79.9. The minimum atomic E-state index is 0.0152. The average molecular weight is 294 g/mol. The lowest BCUT2D eigenvalue weighted by Crippen LogP contribution is -2.27. The van der Waals surface area contributed by atoms with Crippen LogP contribution in [0.2, 0.25) is 0 Å². The molecule has 5 heteroatoms. The summed E-state index contributed by atoms with van der Waals surface area (Å²) in [5, 5.41) is 0. The number of hydrogen-bond donors (Lipinski definition) is 0. The first kappa shape index (κ1) is 10.8. The fourth-order valence-electron chi connectivity index (χ4n) is 1.81. The van der Waals surface area contributed by atoms with Crippen LogP contribution in [-0.2, 0) is 6.54 Å². The molecule has 4 nitrogen and oxygen atoms in total. The maximum atomic E-state index is 11.8. The number of aromatic nitrogens is 3. The molecule has 0 atom stereocenters. The molecular formula is C12H12BrN3O. The molecule has 1 saturated carbocycles. The van der Waals surface area contributed by atoms with Crippen molar-refractivity contribution in [2.45, 2.75) is 23.7 Å². The van der Waals surface area contributed by atoms with Gasteiger partial charge in [0, 0.05) is 22.8 Å². The van der Waals surface area contributed by atoms with E-state index in [2.05, 4.69) is 20.9 Å². The van der Waals surface area contributed by atoms with Crippen LogP contribution in [0.3, 0.4) is 0 Å². The summed E-state index contributed by atoms with van der Waals surface area (Å²) < 4.78 is 3.65. The number of nitrogens with zero attached hydrogens (tertiary/aromatic N) is 3. The topological polar surface area (TPSA) is 39.8 Å². The van der Waals surface area contributed by atoms with Crippen LogP contribution in [0.15, 0.2) is 41.5 Å². The summed E-state index contributed by atoms with van der Waals surface area (Å²) in [6.07, 6.45) is 5.73. The van der Waals surface area contributed by atoms with Gasteiger partial charge in [-0.25, -0.2) is 14.3 Å². The molecule has 2 heterocycles. The molecule has 0 bridgehead atoms. The van der Waals surface area contributed by atoms with Gasteiger partial charge < -0.3 is 0 Å². The second kappa shape index (κ2) is 3.84. The van der Waals surface area contributed by atoms with Crippen molar-refractivity contribution in [3.63, 3.8) is 0 Å². The van der Waals surface area contributed by atoms with Crippen LogP contribution < -0.4 is 5.56 Å². The molecule has 1 aliphatic carbocycles. The van der Waals surface area contributed by atoms with Crippen LogP contribution in [-0.4, -0.2) is 18.7 Å². The lowest BCUT2D eigenvalue weighted by molar-refractivity contribution is 0.517. The Labute approximate surface area is 107 Å².